The molecule has 1 unspecified atom stereocenters. The van der Waals surface area contributed by atoms with Crippen molar-refractivity contribution in [2.45, 2.75) is 17.1 Å². The third kappa shape index (κ3) is 8.95. The van der Waals surface area contributed by atoms with E-state index in [4.69, 9.17) is 9.47 Å². The lowest BCUT2D eigenvalue weighted by Gasteiger charge is -2.14. The molecule has 0 saturated heterocycles. The number of halogens is 1. The van der Waals surface area contributed by atoms with Gasteiger partial charge in [-0.15, -0.1) is 11.8 Å². The van der Waals surface area contributed by atoms with Crippen LogP contribution in [0.2, 0.25) is 0 Å². The smallest absolute Gasteiger partial charge is 0.272 e. The predicted molar refractivity (Wildman–Crippen MR) is 167 cm³/mol. The molecule has 0 aliphatic heterocycles. The highest BCUT2D eigenvalue weighted by Gasteiger charge is 2.17. The van der Waals surface area contributed by atoms with Crippen LogP contribution in [-0.2, 0) is 9.59 Å². The van der Waals surface area contributed by atoms with Crippen LogP contribution in [0.5, 0.6) is 11.5 Å². The molecule has 0 aliphatic carbocycles. The van der Waals surface area contributed by atoms with Gasteiger partial charge in [-0.3, -0.25) is 14.4 Å². The highest BCUT2D eigenvalue weighted by atomic mass is 32.2. The number of carbonyl (C=O) groups excluding carboxylic acids is 3. The quantitative estimate of drug-likeness (QED) is 0.137. The third-order valence-corrected chi connectivity index (χ3v) is 7.24. The summed E-state index contributed by atoms with van der Waals surface area (Å²) in [6, 6.07) is 26.1. The van der Waals surface area contributed by atoms with Crippen molar-refractivity contribution in [3.05, 3.63) is 120 Å². The topological polar surface area (TPSA) is 106 Å². The van der Waals surface area contributed by atoms with E-state index in [1.165, 1.54) is 56.3 Å². The number of benzene rings is 4. The SMILES string of the molecule is COc1cc(NC(=O)C(C)Sc2ccc(NC(=O)/C(=C/c3ccc(F)cc3)NC(=O)c3ccccc3)cc2)cc(OC)c1. The Balaban J connectivity index is 1.42. The number of carbonyl (C=O) groups is 3. The maximum absolute atomic E-state index is 13.4. The molecule has 4 aromatic carbocycles. The van der Waals surface area contributed by atoms with E-state index in [-0.39, 0.29) is 11.6 Å². The van der Waals surface area contributed by atoms with Crippen LogP contribution in [0.15, 0.2) is 108 Å². The van der Waals surface area contributed by atoms with E-state index >= 15 is 0 Å². The van der Waals surface area contributed by atoms with Gasteiger partial charge in [0.15, 0.2) is 0 Å². The largest absolute Gasteiger partial charge is 0.497 e. The third-order valence-electron chi connectivity index (χ3n) is 6.12. The van der Waals surface area contributed by atoms with Crippen molar-refractivity contribution in [1.82, 2.24) is 5.32 Å². The minimum absolute atomic E-state index is 0.0154. The molecule has 220 valence electrons. The number of methoxy groups -OCH3 is 2. The molecule has 0 aliphatic rings. The standard InChI is InChI=1S/C33H30FN3O5S/c1-21(31(38)36-26-18-27(41-2)20-28(19-26)42-3)43-29-15-13-25(14-16-29)35-33(40)30(17-22-9-11-24(34)12-10-22)37-32(39)23-7-5-4-6-8-23/h4-21H,1-3H3,(H,35,40)(H,36,38)(H,37,39)/b30-17-. The first-order valence-electron chi connectivity index (χ1n) is 13.2. The van der Waals surface area contributed by atoms with Crippen molar-refractivity contribution in [1.29, 1.82) is 0 Å². The Morgan fingerprint density at radius 3 is 2.02 bits per heavy atom. The molecule has 3 N–H and O–H groups in total. The van der Waals surface area contributed by atoms with Gasteiger partial charge < -0.3 is 25.4 Å². The first kappa shape index (κ1) is 30.9. The van der Waals surface area contributed by atoms with Crippen LogP contribution in [0.1, 0.15) is 22.8 Å². The van der Waals surface area contributed by atoms with Crippen molar-refractivity contribution in [3.8, 4) is 11.5 Å². The fraction of sp³-hybridized carbons (Fsp3) is 0.121. The van der Waals surface area contributed by atoms with E-state index in [0.717, 1.165) is 4.90 Å². The molecule has 4 rings (SSSR count). The average molecular weight is 600 g/mol. The molecule has 0 fully saturated rings. The van der Waals surface area contributed by atoms with Crippen LogP contribution >= 0.6 is 11.8 Å². The number of anilines is 2. The molecule has 0 heterocycles. The molecular formula is C33H30FN3O5S. The zero-order chi connectivity index (χ0) is 30.8. The molecule has 43 heavy (non-hydrogen) atoms. The summed E-state index contributed by atoms with van der Waals surface area (Å²) in [6.07, 6.45) is 1.47. The molecular weight excluding hydrogens is 569 g/mol. The van der Waals surface area contributed by atoms with Gasteiger partial charge in [0, 0.05) is 40.0 Å². The highest BCUT2D eigenvalue weighted by molar-refractivity contribution is 8.00. The van der Waals surface area contributed by atoms with Crippen molar-refractivity contribution in [2.24, 2.45) is 0 Å². The van der Waals surface area contributed by atoms with Gasteiger partial charge in [-0.2, -0.15) is 0 Å². The molecule has 3 amide bonds. The second-order valence-electron chi connectivity index (χ2n) is 9.26. The number of nitrogens with one attached hydrogen (secondary N) is 3. The second kappa shape index (κ2) is 14.7. The Labute approximate surface area is 253 Å². The van der Waals surface area contributed by atoms with Gasteiger partial charge in [0.05, 0.1) is 19.5 Å². The fourth-order valence-electron chi connectivity index (χ4n) is 3.86. The van der Waals surface area contributed by atoms with Crippen LogP contribution in [0.25, 0.3) is 6.08 Å². The van der Waals surface area contributed by atoms with Crippen LogP contribution in [0, 0.1) is 5.82 Å². The van der Waals surface area contributed by atoms with Gasteiger partial charge in [-0.1, -0.05) is 30.3 Å². The van der Waals surface area contributed by atoms with Crippen molar-refractivity contribution in [3.63, 3.8) is 0 Å². The second-order valence-corrected chi connectivity index (χ2v) is 10.7. The summed E-state index contributed by atoms with van der Waals surface area (Å²) >= 11 is 1.35. The van der Waals surface area contributed by atoms with E-state index in [9.17, 15) is 18.8 Å². The van der Waals surface area contributed by atoms with E-state index in [2.05, 4.69) is 16.0 Å². The number of amides is 3. The Kier molecular flexibility index (Phi) is 10.5. The molecule has 1 atom stereocenters. The number of rotatable bonds is 11. The normalized spacial score (nSPS) is 11.7. The maximum atomic E-state index is 13.4. The molecule has 4 aromatic rings. The van der Waals surface area contributed by atoms with Crippen LogP contribution in [0.4, 0.5) is 15.8 Å². The Bertz CT molecular complexity index is 1590. The number of hydrogen-bond donors (Lipinski definition) is 3. The maximum Gasteiger partial charge on any atom is 0.272 e. The van der Waals surface area contributed by atoms with E-state index in [1.807, 2.05) is 0 Å². The van der Waals surface area contributed by atoms with Crippen LogP contribution < -0.4 is 25.4 Å². The molecule has 0 aromatic heterocycles. The van der Waals surface area contributed by atoms with Crippen molar-refractivity contribution < 1.29 is 28.2 Å². The Morgan fingerprint density at radius 2 is 1.42 bits per heavy atom. The van der Waals surface area contributed by atoms with Gasteiger partial charge in [0.25, 0.3) is 11.8 Å². The summed E-state index contributed by atoms with van der Waals surface area (Å²) in [5.41, 5.74) is 1.93. The lowest BCUT2D eigenvalue weighted by Crippen LogP contribution is -2.30. The van der Waals surface area contributed by atoms with Gasteiger partial charge in [-0.25, -0.2) is 4.39 Å². The van der Waals surface area contributed by atoms with Crippen LogP contribution in [0.3, 0.4) is 0 Å². The van der Waals surface area contributed by atoms with Crippen molar-refractivity contribution >= 4 is 46.9 Å². The predicted octanol–water partition coefficient (Wildman–Crippen LogP) is 6.37. The molecule has 0 saturated carbocycles. The average Bonchev–Trinajstić information content (AvgIpc) is 3.02. The van der Waals surface area contributed by atoms with E-state index < -0.39 is 22.9 Å². The molecule has 10 heteroatoms. The molecule has 0 radical (unpaired) electrons. The Hall–Kier alpha value is -5.09. The summed E-state index contributed by atoms with van der Waals surface area (Å²) in [4.78, 5) is 39.7. The highest BCUT2D eigenvalue weighted by Crippen LogP contribution is 2.29. The summed E-state index contributed by atoms with van der Waals surface area (Å²) < 4.78 is 23.9. The fourth-order valence-corrected chi connectivity index (χ4v) is 4.73. The van der Waals surface area contributed by atoms with E-state index in [0.29, 0.717) is 34.0 Å². The summed E-state index contributed by atoms with van der Waals surface area (Å²) in [7, 11) is 3.07. The minimum atomic E-state index is -0.560. The van der Waals surface area contributed by atoms with Crippen LogP contribution in [-0.4, -0.2) is 37.2 Å². The number of thioether (sulfide) groups is 1. The summed E-state index contributed by atoms with van der Waals surface area (Å²) in [5.74, 6) is -0.527. The number of hydrogen-bond acceptors (Lipinski definition) is 6. The zero-order valence-corrected chi connectivity index (χ0v) is 24.5. The molecule has 0 bridgehead atoms. The monoisotopic (exact) mass is 599 g/mol. The summed E-state index contributed by atoms with van der Waals surface area (Å²) in [5, 5.41) is 7.87. The van der Waals surface area contributed by atoms with Crippen molar-refractivity contribution in [2.75, 3.05) is 24.9 Å². The molecule has 8 nitrogen and oxygen atoms in total. The lowest BCUT2D eigenvalue weighted by atomic mass is 10.1. The lowest BCUT2D eigenvalue weighted by molar-refractivity contribution is -0.115. The van der Waals surface area contributed by atoms with Gasteiger partial charge in [-0.05, 0) is 67.1 Å². The molecule has 0 spiro atoms. The van der Waals surface area contributed by atoms with Gasteiger partial charge >= 0.3 is 0 Å². The first-order valence-corrected chi connectivity index (χ1v) is 14.1. The first-order chi connectivity index (χ1) is 20.7. The summed E-state index contributed by atoms with van der Waals surface area (Å²) in [6.45, 7) is 1.79. The van der Waals surface area contributed by atoms with Gasteiger partial charge in [0.1, 0.15) is 23.0 Å². The van der Waals surface area contributed by atoms with Gasteiger partial charge in [0.2, 0.25) is 5.91 Å². The van der Waals surface area contributed by atoms with E-state index in [1.54, 1.807) is 79.7 Å². The number of ether oxygens (including phenoxy) is 2. The Morgan fingerprint density at radius 1 is 0.791 bits per heavy atom. The zero-order valence-electron chi connectivity index (χ0n) is 23.7. The minimum Gasteiger partial charge on any atom is -0.497 e.